The first kappa shape index (κ1) is 14.0. The number of halogens is 1. The molecule has 0 saturated carbocycles. The van der Waals surface area contributed by atoms with E-state index < -0.39 is 6.10 Å². The highest BCUT2D eigenvalue weighted by atomic mass is 19.1. The van der Waals surface area contributed by atoms with Gasteiger partial charge in [0.2, 0.25) is 0 Å². The van der Waals surface area contributed by atoms with Crippen molar-refractivity contribution in [3.63, 3.8) is 0 Å². The third-order valence-electron chi connectivity index (χ3n) is 3.67. The van der Waals surface area contributed by atoms with Crippen LogP contribution in [0, 0.1) is 5.82 Å². The highest BCUT2D eigenvalue weighted by Crippen LogP contribution is 2.41. The van der Waals surface area contributed by atoms with Gasteiger partial charge in [-0.05, 0) is 29.3 Å². The van der Waals surface area contributed by atoms with Crippen molar-refractivity contribution in [3.8, 4) is 5.75 Å². The van der Waals surface area contributed by atoms with Crippen LogP contribution >= 0.6 is 0 Å². The molecule has 0 fully saturated rings. The van der Waals surface area contributed by atoms with E-state index in [9.17, 15) is 9.50 Å². The topological polar surface area (TPSA) is 38.7 Å². The maximum absolute atomic E-state index is 13.3. The lowest BCUT2D eigenvalue weighted by Gasteiger charge is -2.30. The third kappa shape index (κ3) is 2.91. The number of fused-ring (bicyclic) bond motifs is 1. The van der Waals surface area contributed by atoms with Crippen molar-refractivity contribution in [1.82, 2.24) is 0 Å². The summed E-state index contributed by atoms with van der Waals surface area (Å²) in [4.78, 5) is 0. The molecule has 2 atom stereocenters. The Balaban J connectivity index is 1.89. The Morgan fingerprint density at radius 2 is 2.14 bits per heavy atom. The second-order valence-corrected chi connectivity index (χ2v) is 5.22. The van der Waals surface area contributed by atoms with Crippen LogP contribution in [-0.2, 0) is 11.3 Å². The highest BCUT2D eigenvalue weighted by molar-refractivity contribution is 5.39. The van der Waals surface area contributed by atoms with Gasteiger partial charge in [-0.3, -0.25) is 0 Å². The van der Waals surface area contributed by atoms with Gasteiger partial charge in [0.25, 0.3) is 0 Å². The zero-order valence-corrected chi connectivity index (χ0v) is 11.8. The van der Waals surface area contributed by atoms with Crippen LogP contribution in [0.1, 0.15) is 35.3 Å². The van der Waals surface area contributed by atoms with Crippen molar-refractivity contribution in [2.45, 2.75) is 25.2 Å². The lowest BCUT2D eigenvalue weighted by molar-refractivity contribution is 0.0652. The fraction of sp³-hybridized carbons (Fsp3) is 0.294. The van der Waals surface area contributed by atoms with Crippen LogP contribution in [0.3, 0.4) is 0 Å². The SMILES string of the molecule is COCc1cccc(C2C[C@H](O)c3ccc(F)cc3O2)c1. The molecule has 1 unspecified atom stereocenters. The summed E-state index contributed by atoms with van der Waals surface area (Å²) in [6, 6.07) is 12.1. The van der Waals surface area contributed by atoms with E-state index in [0.717, 1.165) is 11.1 Å². The molecule has 0 aromatic heterocycles. The largest absolute Gasteiger partial charge is 0.485 e. The van der Waals surface area contributed by atoms with Crippen molar-refractivity contribution in [2.24, 2.45) is 0 Å². The summed E-state index contributed by atoms with van der Waals surface area (Å²) in [5, 5.41) is 10.2. The van der Waals surface area contributed by atoms with Gasteiger partial charge >= 0.3 is 0 Å². The molecule has 3 rings (SSSR count). The molecule has 4 heteroatoms. The molecule has 110 valence electrons. The first-order valence-corrected chi connectivity index (χ1v) is 6.89. The molecule has 0 amide bonds. The fourth-order valence-corrected chi connectivity index (χ4v) is 2.67. The molecular formula is C17H17FO3. The molecular weight excluding hydrogens is 271 g/mol. The van der Waals surface area contributed by atoms with Crippen molar-refractivity contribution in [2.75, 3.05) is 7.11 Å². The Labute approximate surface area is 122 Å². The van der Waals surface area contributed by atoms with Crippen LogP contribution in [0.4, 0.5) is 4.39 Å². The van der Waals surface area contributed by atoms with E-state index in [0.29, 0.717) is 24.3 Å². The molecule has 1 N–H and O–H groups in total. The van der Waals surface area contributed by atoms with E-state index in [2.05, 4.69) is 0 Å². The van der Waals surface area contributed by atoms with Gasteiger partial charge in [0.05, 0.1) is 12.7 Å². The van der Waals surface area contributed by atoms with Crippen molar-refractivity contribution >= 4 is 0 Å². The molecule has 2 aromatic rings. The normalized spacial score (nSPS) is 20.7. The quantitative estimate of drug-likeness (QED) is 0.939. The van der Waals surface area contributed by atoms with E-state index in [-0.39, 0.29) is 11.9 Å². The number of benzene rings is 2. The van der Waals surface area contributed by atoms with Gasteiger partial charge in [-0.15, -0.1) is 0 Å². The van der Waals surface area contributed by atoms with Gasteiger partial charge < -0.3 is 14.6 Å². The summed E-state index contributed by atoms with van der Waals surface area (Å²) >= 11 is 0. The van der Waals surface area contributed by atoms with Crippen LogP contribution in [0.2, 0.25) is 0 Å². The molecule has 0 aliphatic carbocycles. The standard InChI is InChI=1S/C17H17FO3/c1-20-10-11-3-2-4-12(7-11)16-9-15(19)14-6-5-13(18)8-17(14)21-16/h2-8,15-16,19H,9-10H2,1H3/t15-,16?/m0/s1. The van der Waals surface area contributed by atoms with Crippen LogP contribution in [0.25, 0.3) is 0 Å². The fourth-order valence-electron chi connectivity index (χ4n) is 2.67. The predicted molar refractivity (Wildman–Crippen MR) is 76.5 cm³/mol. The van der Waals surface area contributed by atoms with Crippen LogP contribution in [0.5, 0.6) is 5.75 Å². The lowest BCUT2D eigenvalue weighted by Crippen LogP contribution is -2.19. The summed E-state index contributed by atoms with van der Waals surface area (Å²) < 4.78 is 24.3. The molecule has 21 heavy (non-hydrogen) atoms. The van der Waals surface area contributed by atoms with E-state index in [1.165, 1.54) is 12.1 Å². The van der Waals surface area contributed by atoms with Gasteiger partial charge in [0, 0.05) is 25.2 Å². The molecule has 1 aliphatic rings. The van der Waals surface area contributed by atoms with Gasteiger partial charge in [-0.1, -0.05) is 18.2 Å². The molecule has 2 aromatic carbocycles. The first-order valence-electron chi connectivity index (χ1n) is 6.89. The third-order valence-corrected chi connectivity index (χ3v) is 3.67. The molecule has 1 aliphatic heterocycles. The number of aliphatic hydroxyl groups is 1. The molecule has 0 radical (unpaired) electrons. The van der Waals surface area contributed by atoms with Crippen molar-refractivity contribution in [3.05, 3.63) is 65.0 Å². The zero-order valence-electron chi connectivity index (χ0n) is 11.8. The Morgan fingerprint density at radius 1 is 1.29 bits per heavy atom. The summed E-state index contributed by atoms with van der Waals surface area (Å²) in [7, 11) is 1.65. The Bertz CT molecular complexity index is 642. The van der Waals surface area contributed by atoms with Crippen LogP contribution in [0.15, 0.2) is 42.5 Å². The molecule has 0 saturated heterocycles. The highest BCUT2D eigenvalue weighted by Gasteiger charge is 2.28. The van der Waals surface area contributed by atoms with Crippen LogP contribution in [-0.4, -0.2) is 12.2 Å². The molecule has 1 heterocycles. The molecule has 3 nitrogen and oxygen atoms in total. The van der Waals surface area contributed by atoms with Gasteiger partial charge in [0.15, 0.2) is 0 Å². The number of hydrogen-bond acceptors (Lipinski definition) is 3. The van der Waals surface area contributed by atoms with E-state index in [1.54, 1.807) is 13.2 Å². The monoisotopic (exact) mass is 288 g/mol. The molecule has 0 spiro atoms. The predicted octanol–water partition coefficient (Wildman–Crippen LogP) is 3.53. The smallest absolute Gasteiger partial charge is 0.128 e. The maximum Gasteiger partial charge on any atom is 0.128 e. The minimum atomic E-state index is -0.648. The number of methoxy groups -OCH3 is 1. The molecule has 0 bridgehead atoms. The Morgan fingerprint density at radius 3 is 2.95 bits per heavy atom. The van der Waals surface area contributed by atoms with E-state index >= 15 is 0 Å². The second kappa shape index (κ2) is 5.84. The number of aliphatic hydroxyl groups excluding tert-OH is 1. The Kier molecular flexibility index (Phi) is 3.90. The number of rotatable bonds is 3. The second-order valence-electron chi connectivity index (χ2n) is 5.22. The zero-order chi connectivity index (χ0) is 14.8. The summed E-state index contributed by atoms with van der Waals surface area (Å²) in [5.74, 6) is 0.0469. The average Bonchev–Trinajstić information content (AvgIpc) is 2.47. The van der Waals surface area contributed by atoms with Gasteiger partial charge in [-0.2, -0.15) is 0 Å². The van der Waals surface area contributed by atoms with Gasteiger partial charge in [0.1, 0.15) is 17.7 Å². The average molecular weight is 288 g/mol. The maximum atomic E-state index is 13.3. The lowest BCUT2D eigenvalue weighted by atomic mass is 9.94. The minimum Gasteiger partial charge on any atom is -0.485 e. The van der Waals surface area contributed by atoms with Gasteiger partial charge in [-0.25, -0.2) is 4.39 Å². The van der Waals surface area contributed by atoms with Crippen LogP contribution < -0.4 is 4.74 Å². The number of ether oxygens (including phenoxy) is 2. The first-order chi connectivity index (χ1) is 10.2. The summed E-state index contributed by atoms with van der Waals surface area (Å²) in [5.41, 5.74) is 2.64. The summed E-state index contributed by atoms with van der Waals surface area (Å²) in [6.45, 7) is 0.522. The number of hydrogen-bond donors (Lipinski definition) is 1. The van der Waals surface area contributed by atoms with Crippen molar-refractivity contribution < 1.29 is 19.0 Å². The van der Waals surface area contributed by atoms with E-state index in [1.807, 2.05) is 24.3 Å². The van der Waals surface area contributed by atoms with E-state index in [4.69, 9.17) is 9.47 Å². The Hall–Kier alpha value is -1.91. The summed E-state index contributed by atoms with van der Waals surface area (Å²) in [6.07, 6.45) is -0.480. The van der Waals surface area contributed by atoms with Crippen molar-refractivity contribution in [1.29, 1.82) is 0 Å². The minimum absolute atomic E-state index is 0.286.